The highest BCUT2D eigenvalue weighted by Crippen LogP contribution is 2.19. The second-order valence-electron chi connectivity index (χ2n) is 5.72. The molecule has 24 heavy (non-hydrogen) atoms. The molecule has 0 aromatic carbocycles. The van der Waals surface area contributed by atoms with Crippen molar-refractivity contribution in [1.82, 2.24) is 29.3 Å². The lowest BCUT2D eigenvalue weighted by Gasteiger charge is -2.27. The monoisotopic (exact) mass is 328 g/mol. The molecule has 0 fully saturated rings. The van der Waals surface area contributed by atoms with Crippen LogP contribution in [0.4, 0.5) is 0 Å². The van der Waals surface area contributed by atoms with Gasteiger partial charge in [-0.1, -0.05) is 0 Å². The number of carbonyl (C=O) groups excluding carboxylic acids is 1. The number of aromatic nitrogens is 5. The van der Waals surface area contributed by atoms with Gasteiger partial charge in [-0.3, -0.25) is 13.9 Å². The predicted octanol–water partition coefficient (Wildman–Crippen LogP) is -0.393. The average Bonchev–Trinajstić information content (AvgIpc) is 3.25. The molecule has 0 saturated heterocycles. The van der Waals surface area contributed by atoms with Crippen molar-refractivity contribution in [3.8, 4) is 0 Å². The second-order valence-corrected chi connectivity index (χ2v) is 5.72. The van der Waals surface area contributed by atoms with E-state index in [-0.39, 0.29) is 12.5 Å². The van der Waals surface area contributed by atoms with Gasteiger partial charge in [-0.05, 0) is 18.2 Å². The molecule has 3 aromatic rings. The number of carbonyl (C=O) groups is 1. The zero-order chi connectivity index (χ0) is 16.7. The summed E-state index contributed by atoms with van der Waals surface area (Å²) in [6.45, 7) is 1.10. The van der Waals surface area contributed by atoms with Gasteiger partial charge in [0.2, 0.25) is 0 Å². The number of aliphatic hydroxyl groups is 2. The first-order valence-corrected chi connectivity index (χ1v) is 7.60. The molecule has 0 unspecified atom stereocenters. The lowest BCUT2D eigenvalue weighted by Crippen LogP contribution is -2.38. The van der Waals surface area contributed by atoms with E-state index in [0.717, 1.165) is 5.69 Å². The molecule has 0 saturated carbocycles. The van der Waals surface area contributed by atoms with Crippen LogP contribution in [0.5, 0.6) is 0 Å². The highest BCUT2D eigenvalue weighted by Gasteiger charge is 2.24. The third-order valence-corrected chi connectivity index (χ3v) is 4.17. The highest BCUT2D eigenvalue weighted by molar-refractivity contribution is 5.95. The predicted molar refractivity (Wildman–Crippen MR) is 82.0 cm³/mol. The number of hydrogen-bond donors (Lipinski definition) is 2. The van der Waals surface area contributed by atoms with Crippen molar-refractivity contribution >= 4 is 11.6 Å². The van der Waals surface area contributed by atoms with Gasteiger partial charge in [0.15, 0.2) is 5.65 Å². The summed E-state index contributed by atoms with van der Waals surface area (Å²) in [6, 6.07) is 5.18. The summed E-state index contributed by atoms with van der Waals surface area (Å²) in [6.07, 6.45) is 2.34. The largest absolute Gasteiger partial charge is 0.393 e. The van der Waals surface area contributed by atoms with Gasteiger partial charge in [-0.25, -0.2) is 0 Å². The van der Waals surface area contributed by atoms with Gasteiger partial charge >= 0.3 is 0 Å². The van der Waals surface area contributed by atoms with Gasteiger partial charge in [0.25, 0.3) is 5.91 Å². The Morgan fingerprint density at radius 2 is 2.21 bits per heavy atom. The lowest BCUT2D eigenvalue weighted by atomic mass is 10.2. The Bertz CT molecular complexity index is 902. The van der Waals surface area contributed by atoms with Crippen LogP contribution in [-0.2, 0) is 13.1 Å². The molecule has 1 amide bonds. The summed E-state index contributed by atoms with van der Waals surface area (Å²) in [5.74, 6) is -0.0859. The van der Waals surface area contributed by atoms with Crippen LogP contribution in [0.1, 0.15) is 27.8 Å². The Balaban J connectivity index is 1.57. The average molecular weight is 328 g/mol. The molecule has 1 atom stereocenters. The summed E-state index contributed by atoms with van der Waals surface area (Å²) in [7, 11) is 0. The minimum Gasteiger partial charge on any atom is -0.393 e. The number of hydrogen-bond acceptors (Lipinski definition) is 6. The van der Waals surface area contributed by atoms with Crippen LogP contribution in [0.3, 0.4) is 0 Å². The number of amides is 1. The molecule has 4 heterocycles. The summed E-state index contributed by atoms with van der Waals surface area (Å²) in [5, 5.41) is 30.7. The fraction of sp³-hybridized carbons (Fsp3) is 0.333. The summed E-state index contributed by atoms with van der Waals surface area (Å²) in [5.41, 5.74) is 2.43. The van der Waals surface area contributed by atoms with E-state index in [4.69, 9.17) is 5.11 Å². The molecule has 1 aliphatic heterocycles. The van der Waals surface area contributed by atoms with Crippen molar-refractivity contribution in [1.29, 1.82) is 0 Å². The van der Waals surface area contributed by atoms with E-state index in [1.54, 1.807) is 44.7 Å². The van der Waals surface area contributed by atoms with Crippen molar-refractivity contribution in [2.45, 2.75) is 19.2 Å². The van der Waals surface area contributed by atoms with Gasteiger partial charge in [0.1, 0.15) is 12.4 Å². The van der Waals surface area contributed by atoms with Crippen molar-refractivity contribution in [3.05, 3.63) is 47.7 Å². The number of pyridine rings is 1. The molecule has 0 radical (unpaired) electrons. The molecular weight excluding hydrogens is 312 g/mol. The van der Waals surface area contributed by atoms with Gasteiger partial charge in [-0.15, -0.1) is 10.2 Å². The quantitative estimate of drug-likeness (QED) is 0.678. The molecule has 1 aliphatic rings. The first kappa shape index (κ1) is 14.8. The maximum Gasteiger partial charge on any atom is 0.254 e. The summed E-state index contributed by atoms with van der Waals surface area (Å²) in [4.78, 5) is 14.5. The topological polar surface area (TPSA) is 109 Å². The van der Waals surface area contributed by atoms with E-state index in [1.807, 2.05) is 0 Å². The number of aliphatic hydroxyl groups excluding tert-OH is 2. The molecule has 4 rings (SSSR count). The van der Waals surface area contributed by atoms with E-state index >= 15 is 0 Å². The van der Waals surface area contributed by atoms with Crippen LogP contribution in [0.15, 0.2) is 30.7 Å². The van der Waals surface area contributed by atoms with E-state index in [0.29, 0.717) is 36.5 Å². The van der Waals surface area contributed by atoms with Crippen LogP contribution in [0, 0.1) is 0 Å². The standard InChI is InChI=1S/C15H16N6O3/c22-8-13(23)12-6-11-7-19(3-4-21(11)18-12)15(24)10-1-2-20-9-16-17-14(20)5-10/h1-2,5-6,9,13,22-23H,3-4,7-8H2/t13-/m1/s1. The van der Waals surface area contributed by atoms with E-state index in [2.05, 4.69) is 15.3 Å². The van der Waals surface area contributed by atoms with Crippen molar-refractivity contribution in [3.63, 3.8) is 0 Å². The number of nitrogens with zero attached hydrogens (tertiary/aromatic N) is 6. The first-order valence-electron chi connectivity index (χ1n) is 7.60. The third-order valence-electron chi connectivity index (χ3n) is 4.17. The maximum absolute atomic E-state index is 12.7. The van der Waals surface area contributed by atoms with E-state index in [1.165, 1.54) is 0 Å². The fourth-order valence-electron chi connectivity index (χ4n) is 2.85. The summed E-state index contributed by atoms with van der Waals surface area (Å²) < 4.78 is 3.50. The molecule has 0 spiro atoms. The van der Waals surface area contributed by atoms with Gasteiger partial charge < -0.3 is 15.1 Å². The van der Waals surface area contributed by atoms with E-state index in [9.17, 15) is 9.90 Å². The Kier molecular flexibility index (Phi) is 3.51. The minimum absolute atomic E-state index is 0.0859. The second kappa shape index (κ2) is 5.69. The third kappa shape index (κ3) is 2.43. The Morgan fingerprint density at radius 1 is 1.33 bits per heavy atom. The summed E-state index contributed by atoms with van der Waals surface area (Å²) >= 11 is 0. The van der Waals surface area contributed by atoms with Gasteiger partial charge in [0.05, 0.1) is 31.1 Å². The molecule has 3 aromatic heterocycles. The Hall–Kier alpha value is -2.78. The molecular formula is C15H16N6O3. The Labute approximate surface area is 136 Å². The zero-order valence-electron chi connectivity index (χ0n) is 12.8. The van der Waals surface area contributed by atoms with E-state index < -0.39 is 6.10 Å². The first-order chi connectivity index (χ1) is 11.7. The SMILES string of the molecule is O=C(c1ccn2cnnc2c1)N1CCn2nc([C@H](O)CO)cc2C1. The Morgan fingerprint density at radius 3 is 3.04 bits per heavy atom. The van der Waals surface area contributed by atoms with Gasteiger partial charge in [0, 0.05) is 18.3 Å². The maximum atomic E-state index is 12.7. The van der Waals surface area contributed by atoms with Crippen molar-refractivity contribution < 1.29 is 15.0 Å². The number of fused-ring (bicyclic) bond motifs is 2. The fourth-order valence-corrected chi connectivity index (χ4v) is 2.85. The highest BCUT2D eigenvalue weighted by atomic mass is 16.3. The van der Waals surface area contributed by atoms with Crippen LogP contribution < -0.4 is 0 Å². The zero-order valence-corrected chi connectivity index (χ0v) is 12.8. The van der Waals surface area contributed by atoms with Crippen LogP contribution in [-0.4, -0.2) is 58.6 Å². The lowest BCUT2D eigenvalue weighted by molar-refractivity contribution is 0.0704. The van der Waals surface area contributed by atoms with Crippen molar-refractivity contribution in [2.75, 3.05) is 13.2 Å². The van der Waals surface area contributed by atoms with Crippen LogP contribution >= 0.6 is 0 Å². The van der Waals surface area contributed by atoms with Crippen molar-refractivity contribution in [2.24, 2.45) is 0 Å². The molecule has 9 nitrogen and oxygen atoms in total. The molecule has 124 valence electrons. The molecule has 9 heteroatoms. The minimum atomic E-state index is -0.998. The van der Waals surface area contributed by atoms with Crippen LogP contribution in [0.2, 0.25) is 0 Å². The molecule has 0 bridgehead atoms. The molecule has 0 aliphatic carbocycles. The van der Waals surface area contributed by atoms with Crippen LogP contribution in [0.25, 0.3) is 5.65 Å². The molecule has 2 N–H and O–H groups in total. The smallest absolute Gasteiger partial charge is 0.254 e. The normalized spacial score (nSPS) is 15.5. The van der Waals surface area contributed by atoms with Gasteiger partial charge in [-0.2, -0.15) is 5.10 Å². The number of rotatable bonds is 3.